The van der Waals surface area contributed by atoms with Crippen LogP contribution in [0.1, 0.15) is 55.7 Å². The summed E-state index contributed by atoms with van der Waals surface area (Å²) < 4.78 is 49.7. The molecule has 4 atom stereocenters. The number of aryl methyl sites for hydroxylation is 1. The third-order valence-electron chi connectivity index (χ3n) is 10.2. The fourth-order valence-corrected chi connectivity index (χ4v) is 8.90. The minimum absolute atomic E-state index is 0.162. The molecule has 1 saturated heterocycles. The van der Waals surface area contributed by atoms with E-state index in [4.69, 9.17) is 62.8 Å². The summed E-state index contributed by atoms with van der Waals surface area (Å²) in [5.41, 5.74) is -0.255. The molecule has 60 heavy (non-hydrogen) atoms. The van der Waals surface area contributed by atoms with Crippen molar-refractivity contribution in [2.75, 3.05) is 40.5 Å². The number of nitrogens with one attached hydrogen (secondary N) is 2. The van der Waals surface area contributed by atoms with Crippen LogP contribution in [-0.2, 0) is 24.2 Å². The average Bonchev–Trinajstić information content (AvgIpc) is 3.63. The van der Waals surface area contributed by atoms with Gasteiger partial charge in [0.05, 0.1) is 56.6 Å². The van der Waals surface area contributed by atoms with Crippen LogP contribution in [-0.4, -0.2) is 62.2 Å². The van der Waals surface area contributed by atoms with Gasteiger partial charge in [0.1, 0.15) is 29.4 Å². The van der Waals surface area contributed by atoms with Crippen molar-refractivity contribution in [2.45, 2.75) is 58.2 Å². The highest BCUT2D eigenvalue weighted by Gasteiger charge is 2.44. The largest absolute Gasteiger partial charge is 0.746 e. The lowest BCUT2D eigenvalue weighted by Gasteiger charge is -2.37. The molecule has 1 aliphatic heterocycles. The van der Waals surface area contributed by atoms with Gasteiger partial charge in [-0.15, -0.1) is 0 Å². The Balaban J connectivity index is 0.000000896. The number of aromatic amines is 1. The van der Waals surface area contributed by atoms with Gasteiger partial charge in [0.2, 0.25) is 0 Å². The standard InChI is InChI=1S/C37H34Cl3N2O10P.C6H15N/c1-22-20-42(36(44)41-35(22)43)33-19-31(51-53(45,46)52-34-29(39)17-26(38)18-30(34)40)32(50-33)21-49-37(23-7-5-4-6-8-23,24-9-13-27(47-2)14-10-24)25-11-15-28(48-3)16-12-25;1-4-7(5-2)6-3/h4-18,20,31-33H,19,21H2,1-3H3,(H,45,46)(H,41,43,44);4-6H2,1-3H3/t31-,32+,33+;/m0./s1. The lowest BCUT2D eigenvalue weighted by molar-refractivity contribution is -0.894. The van der Waals surface area contributed by atoms with Crippen LogP contribution in [0.25, 0.3) is 0 Å². The maximum absolute atomic E-state index is 13.5. The van der Waals surface area contributed by atoms with Crippen LogP contribution in [0.3, 0.4) is 0 Å². The third-order valence-corrected chi connectivity index (χ3v) is 11.9. The van der Waals surface area contributed by atoms with Gasteiger partial charge in [-0.05, 0) is 80.8 Å². The zero-order valence-corrected chi connectivity index (χ0v) is 37.3. The maximum atomic E-state index is 13.5. The molecule has 0 aliphatic carbocycles. The highest BCUT2D eigenvalue weighted by Crippen LogP contribution is 2.50. The van der Waals surface area contributed by atoms with Crippen LogP contribution < -0.4 is 35.0 Å². The minimum Gasteiger partial charge on any atom is -0.746 e. The van der Waals surface area contributed by atoms with Crippen molar-refractivity contribution < 1.29 is 42.4 Å². The number of hydrogen-bond acceptors (Lipinski definition) is 10. The highest BCUT2D eigenvalue weighted by molar-refractivity contribution is 7.46. The van der Waals surface area contributed by atoms with Crippen LogP contribution in [0, 0.1) is 6.92 Å². The van der Waals surface area contributed by atoms with E-state index >= 15 is 0 Å². The van der Waals surface area contributed by atoms with Crippen molar-refractivity contribution in [3.8, 4) is 17.2 Å². The van der Waals surface area contributed by atoms with Gasteiger partial charge in [-0.1, -0.05) is 89.4 Å². The zero-order valence-electron chi connectivity index (χ0n) is 34.1. The second-order valence-electron chi connectivity index (χ2n) is 13.9. The molecule has 1 fully saturated rings. The molecule has 5 aromatic rings. The Labute approximate surface area is 364 Å². The fraction of sp³-hybridized carbons (Fsp3) is 0.349. The summed E-state index contributed by atoms with van der Waals surface area (Å²) >= 11 is 18.4. The van der Waals surface area contributed by atoms with Gasteiger partial charge >= 0.3 is 13.5 Å². The van der Waals surface area contributed by atoms with Crippen molar-refractivity contribution in [1.82, 2.24) is 9.55 Å². The van der Waals surface area contributed by atoms with Crippen molar-refractivity contribution in [3.05, 3.63) is 155 Å². The summed E-state index contributed by atoms with van der Waals surface area (Å²) in [5.74, 6) is 0.859. The number of hydrogen-bond donors (Lipinski definition) is 2. The van der Waals surface area contributed by atoms with E-state index in [9.17, 15) is 19.0 Å². The number of halogens is 3. The topological polar surface area (TPSA) is 155 Å². The molecule has 0 spiro atoms. The molecule has 17 heteroatoms. The summed E-state index contributed by atoms with van der Waals surface area (Å²) in [5, 5.41) is -0.162. The average molecular weight is 905 g/mol. The normalized spacial score (nSPS) is 17.4. The van der Waals surface area contributed by atoms with E-state index in [1.165, 1.54) is 44.9 Å². The van der Waals surface area contributed by atoms with Crippen molar-refractivity contribution in [3.63, 3.8) is 0 Å². The first-order chi connectivity index (χ1) is 28.7. The summed E-state index contributed by atoms with van der Waals surface area (Å²) in [4.78, 5) is 42.5. The molecule has 0 radical (unpaired) electrons. The molecule has 0 bridgehead atoms. The SMILES string of the molecule is CC[NH+](CC)CC.COc1ccc(C(OC[C@H]2O[C@@H](n3cc(C)c(=O)[nH]c3=O)C[C@@H]2OP(=O)([O-])Oc2c(Cl)cc(Cl)cc2Cl)(c2ccccc2)c2ccc(OC)cc2)cc1. The van der Waals surface area contributed by atoms with E-state index < -0.39 is 43.1 Å². The smallest absolute Gasteiger partial charge is 0.330 e. The van der Waals surface area contributed by atoms with Crippen molar-refractivity contribution in [2.24, 2.45) is 0 Å². The van der Waals surface area contributed by atoms with Crippen molar-refractivity contribution in [1.29, 1.82) is 0 Å². The molecule has 0 amide bonds. The van der Waals surface area contributed by atoms with Gasteiger partial charge in [0.15, 0.2) is 5.75 Å². The van der Waals surface area contributed by atoms with E-state index in [0.717, 1.165) is 10.1 Å². The van der Waals surface area contributed by atoms with Gasteiger partial charge in [0, 0.05) is 23.2 Å². The molecular formula is C43H49Cl3N3O10P. The number of aromatic nitrogens is 2. The first-order valence-corrected chi connectivity index (χ1v) is 21.9. The summed E-state index contributed by atoms with van der Waals surface area (Å²) in [6.45, 7) is 11.7. The number of benzene rings is 4. The first kappa shape index (κ1) is 46.9. The Hall–Kier alpha value is -4.14. The molecule has 1 unspecified atom stereocenters. The van der Waals surface area contributed by atoms with Crippen LogP contribution in [0.2, 0.25) is 15.1 Å². The zero-order chi connectivity index (χ0) is 43.6. The molecule has 0 saturated carbocycles. The Bertz CT molecular complexity index is 2270. The van der Waals surface area contributed by atoms with E-state index in [2.05, 4.69) is 25.8 Å². The predicted molar refractivity (Wildman–Crippen MR) is 230 cm³/mol. The second-order valence-corrected chi connectivity index (χ2v) is 16.4. The summed E-state index contributed by atoms with van der Waals surface area (Å²) in [7, 11) is -2.11. The van der Waals surface area contributed by atoms with Crippen LogP contribution >= 0.6 is 42.6 Å². The number of rotatable bonds is 16. The Morgan fingerprint density at radius 3 is 1.85 bits per heavy atom. The predicted octanol–water partition coefficient (Wildman–Crippen LogP) is 6.98. The Kier molecular flexibility index (Phi) is 16.5. The van der Waals surface area contributed by atoms with E-state index in [0.29, 0.717) is 22.6 Å². The molecule has 2 N–H and O–H groups in total. The van der Waals surface area contributed by atoms with Crippen LogP contribution in [0.5, 0.6) is 17.2 Å². The number of phosphoric acid groups is 1. The number of phosphoric ester groups is 1. The van der Waals surface area contributed by atoms with Gasteiger partial charge < -0.3 is 37.8 Å². The number of H-pyrrole nitrogens is 1. The molecular weight excluding hydrogens is 856 g/mol. The first-order valence-electron chi connectivity index (χ1n) is 19.3. The fourth-order valence-electron chi connectivity index (χ4n) is 6.88. The molecule has 1 aliphatic rings. The molecule has 6 rings (SSSR count). The molecule has 322 valence electrons. The Morgan fingerprint density at radius 1 is 0.850 bits per heavy atom. The van der Waals surface area contributed by atoms with E-state index in [1.807, 2.05) is 54.6 Å². The van der Waals surface area contributed by atoms with Gasteiger partial charge in [-0.25, -0.2) is 4.79 Å². The van der Waals surface area contributed by atoms with Gasteiger partial charge in [-0.3, -0.25) is 18.9 Å². The quantitative estimate of drug-likeness (QED) is 0.0783. The second kappa shape index (κ2) is 21.1. The summed E-state index contributed by atoms with van der Waals surface area (Å²) in [6, 6.07) is 26.6. The van der Waals surface area contributed by atoms with Gasteiger partial charge in [-0.2, -0.15) is 0 Å². The van der Waals surface area contributed by atoms with Gasteiger partial charge in [0.25, 0.3) is 5.56 Å². The number of methoxy groups -OCH3 is 2. The molecule has 4 aromatic carbocycles. The monoisotopic (exact) mass is 903 g/mol. The van der Waals surface area contributed by atoms with Crippen LogP contribution in [0.4, 0.5) is 0 Å². The molecule has 2 heterocycles. The van der Waals surface area contributed by atoms with Crippen LogP contribution in [0.15, 0.2) is 107 Å². The number of quaternary nitrogens is 1. The number of nitrogens with zero attached hydrogens (tertiary/aromatic N) is 1. The Morgan fingerprint density at radius 2 is 1.37 bits per heavy atom. The lowest BCUT2D eigenvalue weighted by Crippen LogP contribution is -3.11. The third kappa shape index (κ3) is 11.2. The van der Waals surface area contributed by atoms with E-state index in [1.54, 1.807) is 43.4 Å². The highest BCUT2D eigenvalue weighted by atomic mass is 35.5. The summed E-state index contributed by atoms with van der Waals surface area (Å²) in [6.07, 6.45) is -2.31. The van der Waals surface area contributed by atoms with Crippen molar-refractivity contribution >= 4 is 42.6 Å². The number of ether oxygens (including phenoxy) is 4. The molecule has 13 nitrogen and oxygen atoms in total. The maximum Gasteiger partial charge on any atom is 0.330 e. The lowest BCUT2D eigenvalue weighted by atomic mass is 9.80. The van der Waals surface area contributed by atoms with E-state index in [-0.39, 0.29) is 39.4 Å². The molecule has 1 aromatic heterocycles. The minimum atomic E-state index is -5.24.